The van der Waals surface area contributed by atoms with Crippen molar-refractivity contribution in [3.8, 4) is 0 Å². The zero-order valence-corrected chi connectivity index (χ0v) is 16.8. The van der Waals surface area contributed by atoms with Crippen LogP contribution in [0.1, 0.15) is 0 Å². The molecule has 8 heteroatoms. The molecule has 0 aliphatic heterocycles. The molecule has 58 valence electrons. The Kier molecular flexibility index (Phi) is 20.8. The van der Waals surface area contributed by atoms with Gasteiger partial charge in [-0.05, 0) is 19.5 Å². The van der Waals surface area contributed by atoms with Gasteiger partial charge in [0.2, 0.25) is 0 Å². The first kappa shape index (κ1) is 24.2. The molecule has 0 aliphatic carbocycles. The molecule has 0 rings (SSSR count). The largest absolute Gasteiger partial charge is 1.00 e. The topological polar surface area (TPSA) is 46.1 Å². The normalized spacial score (nSPS) is 10.0. The van der Waals surface area contributed by atoms with E-state index in [0.29, 0.717) is 0 Å². The van der Waals surface area contributed by atoms with Crippen molar-refractivity contribution in [3.05, 3.63) is 0 Å². The summed E-state index contributed by atoms with van der Waals surface area (Å²) < 4.78 is 0. The van der Waals surface area contributed by atoms with Crippen LogP contribution < -0.4 is 68.7 Å². The Hall–Kier alpha value is 2.79. The van der Waals surface area contributed by atoms with Gasteiger partial charge in [-0.2, -0.15) is 0 Å². The second kappa shape index (κ2) is 10.3. The van der Waals surface area contributed by atoms with Crippen molar-refractivity contribution < 1.29 is 68.7 Å². The molecule has 2 nitrogen and oxygen atoms in total. The summed E-state index contributed by atoms with van der Waals surface area (Å²) in [5.74, 6) is 0. The molecular formula is C4H12Na2O2Si4. The van der Waals surface area contributed by atoms with Gasteiger partial charge in [-0.15, -0.1) is 0 Å². The molecule has 0 amide bonds. The minimum absolute atomic E-state index is 0. The van der Waals surface area contributed by atoms with Gasteiger partial charge in [-0.1, -0.05) is 41.9 Å². The van der Waals surface area contributed by atoms with E-state index in [4.69, 9.17) is 0 Å². The van der Waals surface area contributed by atoms with Crippen LogP contribution in [0.3, 0.4) is 0 Å². The number of hydrogen-bond donors (Lipinski definition) is 0. The van der Waals surface area contributed by atoms with Crippen molar-refractivity contribution in [1.82, 2.24) is 0 Å². The van der Waals surface area contributed by atoms with Crippen molar-refractivity contribution in [3.63, 3.8) is 0 Å². The second-order valence-electron chi connectivity index (χ2n) is 3.02. The summed E-state index contributed by atoms with van der Waals surface area (Å²) in [7, 11) is 1.89. The van der Waals surface area contributed by atoms with Crippen LogP contribution in [0.25, 0.3) is 0 Å². The Bertz CT molecular complexity index is 66.0. The maximum atomic E-state index is 10.2. The Morgan fingerprint density at radius 1 is 0.750 bits per heavy atom. The first-order valence-corrected chi connectivity index (χ1v) is 11.7. The number of hydrogen-bond acceptors (Lipinski definition) is 2. The van der Waals surface area contributed by atoms with Gasteiger partial charge in [0.05, 0.1) is 0 Å². The van der Waals surface area contributed by atoms with Crippen molar-refractivity contribution in [1.29, 1.82) is 0 Å². The van der Waals surface area contributed by atoms with E-state index in [-0.39, 0.29) is 59.1 Å². The summed E-state index contributed by atoms with van der Waals surface area (Å²) in [5, 5.41) is 0. The molecule has 0 spiro atoms. The maximum Gasteiger partial charge on any atom is 1.00 e. The van der Waals surface area contributed by atoms with Crippen LogP contribution in [0.5, 0.6) is 0 Å². The third-order valence-corrected chi connectivity index (χ3v) is 0. The van der Waals surface area contributed by atoms with E-state index in [1.807, 2.05) is 0 Å². The molecule has 0 N–H and O–H groups in total. The molecular weight excluding hydrogens is 238 g/mol. The van der Waals surface area contributed by atoms with Crippen LogP contribution in [0.2, 0.25) is 26.2 Å². The smallest absolute Gasteiger partial charge is 0.861 e. The summed E-state index contributed by atoms with van der Waals surface area (Å²) in [6.45, 7) is 6.74. The van der Waals surface area contributed by atoms with Gasteiger partial charge in [0.25, 0.3) is 0 Å². The first-order chi connectivity index (χ1) is 4.00. The minimum atomic E-state index is -2.06. The fourth-order valence-corrected chi connectivity index (χ4v) is 0. The van der Waals surface area contributed by atoms with Gasteiger partial charge in [0, 0.05) is 0 Å². The predicted octanol–water partition coefficient (Wildman–Crippen LogP) is -7.56. The van der Waals surface area contributed by atoms with Crippen molar-refractivity contribution >= 4 is 35.2 Å². The molecule has 0 saturated heterocycles. The average molecular weight is 250 g/mol. The van der Waals surface area contributed by atoms with E-state index in [9.17, 15) is 9.59 Å². The van der Waals surface area contributed by atoms with E-state index >= 15 is 0 Å². The van der Waals surface area contributed by atoms with Gasteiger partial charge in [0.1, 0.15) is 0 Å². The van der Waals surface area contributed by atoms with E-state index in [1.54, 1.807) is 26.2 Å². The molecule has 6 radical (unpaired) electrons. The minimum Gasteiger partial charge on any atom is -0.861 e. The second-order valence-corrected chi connectivity index (χ2v) is 16.3. The molecule has 0 heterocycles. The molecule has 0 aromatic carbocycles. The number of rotatable bonds is 0. The molecule has 0 aromatic heterocycles. The molecule has 0 fully saturated rings. The maximum absolute atomic E-state index is 10.2. The quantitative estimate of drug-likeness (QED) is 0.401. The van der Waals surface area contributed by atoms with Crippen molar-refractivity contribution in [2.24, 2.45) is 0 Å². The van der Waals surface area contributed by atoms with Crippen LogP contribution in [0, 0.1) is 0 Å². The Labute approximate surface area is 128 Å². The summed E-state index contributed by atoms with van der Waals surface area (Å²) in [5.41, 5.74) is 0. The molecule has 0 atom stereocenters. The van der Waals surface area contributed by atoms with Crippen LogP contribution >= 0.6 is 0 Å². The van der Waals surface area contributed by atoms with Gasteiger partial charge in [-0.25, -0.2) is 0 Å². The summed E-state index contributed by atoms with van der Waals surface area (Å²) >= 11 is 0. The fraction of sp³-hybridized carbons (Fsp3) is 1.00. The van der Waals surface area contributed by atoms with Crippen LogP contribution in [0.4, 0.5) is 0 Å². The molecule has 0 saturated carbocycles. The zero-order chi connectivity index (χ0) is 9.00. The summed E-state index contributed by atoms with van der Waals surface area (Å²) in [4.78, 5) is 20.3. The SMILES string of the molecule is C[Si](C)([O-])[Si].C[Si](C)([O-])[Si].[Na+].[Na+]. The van der Waals surface area contributed by atoms with E-state index < -0.39 is 15.7 Å². The van der Waals surface area contributed by atoms with Gasteiger partial charge in [-0.3, -0.25) is 0 Å². The monoisotopic (exact) mass is 250 g/mol. The van der Waals surface area contributed by atoms with Crippen LogP contribution in [0.15, 0.2) is 0 Å². The van der Waals surface area contributed by atoms with Crippen molar-refractivity contribution in [2.45, 2.75) is 26.2 Å². The van der Waals surface area contributed by atoms with Gasteiger partial charge >= 0.3 is 59.1 Å². The third-order valence-electron chi connectivity index (χ3n) is 0. The van der Waals surface area contributed by atoms with Crippen LogP contribution in [-0.2, 0) is 0 Å². The Morgan fingerprint density at radius 3 is 0.750 bits per heavy atom. The predicted molar refractivity (Wildman–Crippen MR) is 46.5 cm³/mol. The average Bonchev–Trinajstić information content (AvgIpc) is 1.12. The van der Waals surface area contributed by atoms with E-state index in [1.165, 1.54) is 0 Å². The first-order valence-electron chi connectivity index (χ1n) is 2.91. The summed E-state index contributed by atoms with van der Waals surface area (Å²) in [6, 6.07) is 0. The van der Waals surface area contributed by atoms with E-state index in [0.717, 1.165) is 0 Å². The molecule has 0 unspecified atom stereocenters. The van der Waals surface area contributed by atoms with Crippen LogP contribution in [-0.4, -0.2) is 35.2 Å². The third kappa shape index (κ3) is 229. The zero-order valence-electron chi connectivity index (χ0n) is 8.82. The fourth-order valence-electron chi connectivity index (χ4n) is 0. The molecule has 12 heavy (non-hydrogen) atoms. The van der Waals surface area contributed by atoms with Gasteiger partial charge in [0.15, 0.2) is 0 Å². The molecule has 0 bridgehead atoms. The molecule has 0 aliphatic rings. The Morgan fingerprint density at radius 2 is 0.750 bits per heavy atom. The van der Waals surface area contributed by atoms with E-state index in [2.05, 4.69) is 19.5 Å². The Balaban J connectivity index is -0.0000000457. The molecule has 0 aromatic rings. The van der Waals surface area contributed by atoms with Crippen molar-refractivity contribution in [2.75, 3.05) is 0 Å². The summed E-state index contributed by atoms with van der Waals surface area (Å²) in [6.07, 6.45) is 0. The standard InChI is InChI=1S/2C2H6OSi2.2Na/c2*1-5(2,3)4;;/h2*1-2H3;;/q2*-1;2*+1. The van der Waals surface area contributed by atoms with Gasteiger partial charge < -0.3 is 9.59 Å².